The summed E-state index contributed by atoms with van der Waals surface area (Å²) in [6.07, 6.45) is 6.21. The van der Waals surface area contributed by atoms with Crippen molar-refractivity contribution in [1.29, 1.82) is 0 Å². The lowest BCUT2D eigenvalue weighted by Crippen LogP contribution is -2.32. The molecule has 0 atom stereocenters. The lowest BCUT2D eigenvalue weighted by Gasteiger charge is -2.24. The first-order valence-corrected chi connectivity index (χ1v) is 13.2. The number of anilines is 2. The predicted octanol–water partition coefficient (Wildman–Crippen LogP) is 4.39. The summed E-state index contributed by atoms with van der Waals surface area (Å²) < 4.78 is 25.0. The van der Waals surface area contributed by atoms with E-state index < -0.39 is 9.84 Å². The molecule has 8 nitrogen and oxygen atoms in total. The van der Waals surface area contributed by atoms with Crippen molar-refractivity contribution in [3.8, 4) is 0 Å². The van der Waals surface area contributed by atoms with Crippen molar-refractivity contribution in [3.05, 3.63) is 82.8 Å². The molecule has 1 fully saturated rings. The summed E-state index contributed by atoms with van der Waals surface area (Å²) in [5.41, 5.74) is 8.71. The van der Waals surface area contributed by atoms with Crippen LogP contribution in [0.15, 0.2) is 66.0 Å². The highest BCUT2D eigenvalue weighted by Gasteiger charge is 2.28. The average Bonchev–Trinajstić information content (AvgIpc) is 3.68. The van der Waals surface area contributed by atoms with Crippen LogP contribution in [0, 0.1) is 0 Å². The Bertz CT molecular complexity index is 1550. The summed E-state index contributed by atoms with van der Waals surface area (Å²) in [5.74, 6) is 0.274. The fourth-order valence-corrected chi connectivity index (χ4v) is 4.90. The number of carbonyl (C=O) groups is 1. The second-order valence-corrected chi connectivity index (χ2v) is 11.0. The SMILES string of the molecule is CS(=O)(=O)c1ncccc1N(Cc1ccc2cc(Cl)c(N)nc2c1)C(=O)c1ccc(C2CC2)nc1. The number of amides is 1. The van der Waals surface area contributed by atoms with Crippen LogP contribution >= 0.6 is 11.6 Å². The minimum Gasteiger partial charge on any atom is -0.382 e. The third-order valence-corrected chi connectivity index (χ3v) is 7.19. The summed E-state index contributed by atoms with van der Waals surface area (Å²) in [5, 5.41) is 0.979. The number of aromatic nitrogens is 3. The van der Waals surface area contributed by atoms with Gasteiger partial charge in [-0.3, -0.25) is 9.78 Å². The molecule has 35 heavy (non-hydrogen) atoms. The number of halogens is 1. The Morgan fingerprint density at radius 3 is 2.63 bits per heavy atom. The lowest BCUT2D eigenvalue weighted by molar-refractivity contribution is 0.0984. The highest BCUT2D eigenvalue weighted by Crippen LogP contribution is 2.39. The first kappa shape index (κ1) is 23.2. The minimum absolute atomic E-state index is 0.0809. The molecule has 0 unspecified atom stereocenters. The van der Waals surface area contributed by atoms with Crippen LogP contribution < -0.4 is 10.6 Å². The van der Waals surface area contributed by atoms with Gasteiger partial charge in [-0.2, -0.15) is 0 Å². The van der Waals surface area contributed by atoms with Gasteiger partial charge >= 0.3 is 0 Å². The number of rotatable bonds is 6. The Labute approximate surface area is 207 Å². The molecule has 3 heterocycles. The Balaban J connectivity index is 1.58. The highest BCUT2D eigenvalue weighted by molar-refractivity contribution is 7.90. The van der Waals surface area contributed by atoms with Crippen molar-refractivity contribution in [2.75, 3.05) is 16.9 Å². The zero-order chi connectivity index (χ0) is 24.7. The molecule has 0 spiro atoms. The first-order valence-electron chi connectivity index (χ1n) is 11.0. The maximum Gasteiger partial charge on any atom is 0.260 e. The summed E-state index contributed by atoms with van der Waals surface area (Å²) in [6, 6.07) is 14.0. The van der Waals surface area contributed by atoms with E-state index in [0.717, 1.165) is 35.7 Å². The summed E-state index contributed by atoms with van der Waals surface area (Å²) >= 11 is 6.09. The molecule has 1 saturated carbocycles. The lowest BCUT2D eigenvalue weighted by atomic mass is 10.1. The minimum atomic E-state index is -3.71. The number of hydrogen-bond acceptors (Lipinski definition) is 7. The summed E-state index contributed by atoms with van der Waals surface area (Å²) in [7, 11) is -3.71. The molecule has 178 valence electrons. The molecule has 4 aromatic rings. The maximum atomic E-state index is 13.7. The van der Waals surface area contributed by atoms with E-state index in [0.29, 0.717) is 22.0 Å². The van der Waals surface area contributed by atoms with Gasteiger partial charge in [0.2, 0.25) is 0 Å². The van der Waals surface area contributed by atoms with E-state index in [-0.39, 0.29) is 29.0 Å². The molecule has 1 aromatic carbocycles. The van der Waals surface area contributed by atoms with Crippen molar-refractivity contribution >= 4 is 49.8 Å². The van der Waals surface area contributed by atoms with Gasteiger partial charge in [0.1, 0.15) is 5.82 Å². The van der Waals surface area contributed by atoms with Gasteiger partial charge in [-0.05, 0) is 54.8 Å². The molecule has 1 aliphatic rings. The molecular formula is C25H22ClN5O3S. The normalized spacial score (nSPS) is 13.7. The Morgan fingerprint density at radius 2 is 1.94 bits per heavy atom. The molecule has 10 heteroatoms. The molecular weight excluding hydrogens is 486 g/mol. The fraction of sp³-hybridized carbons (Fsp3) is 0.200. The maximum absolute atomic E-state index is 13.7. The predicted molar refractivity (Wildman–Crippen MR) is 135 cm³/mol. The van der Waals surface area contributed by atoms with Gasteiger partial charge in [0.05, 0.1) is 28.3 Å². The topological polar surface area (TPSA) is 119 Å². The van der Waals surface area contributed by atoms with Crippen LogP contribution in [-0.2, 0) is 16.4 Å². The number of hydrogen-bond donors (Lipinski definition) is 1. The highest BCUT2D eigenvalue weighted by atomic mass is 35.5. The van der Waals surface area contributed by atoms with Crippen LogP contribution in [0.3, 0.4) is 0 Å². The van der Waals surface area contributed by atoms with Gasteiger partial charge in [0.25, 0.3) is 5.91 Å². The van der Waals surface area contributed by atoms with Gasteiger partial charge in [0, 0.05) is 35.6 Å². The van der Waals surface area contributed by atoms with E-state index in [1.165, 1.54) is 11.1 Å². The van der Waals surface area contributed by atoms with Crippen molar-refractivity contribution < 1.29 is 13.2 Å². The van der Waals surface area contributed by atoms with Crippen LogP contribution in [0.25, 0.3) is 10.9 Å². The molecule has 0 bridgehead atoms. The van der Waals surface area contributed by atoms with E-state index in [2.05, 4.69) is 15.0 Å². The molecule has 2 N–H and O–H groups in total. The number of nitrogens with zero attached hydrogens (tertiary/aromatic N) is 4. The zero-order valence-corrected chi connectivity index (χ0v) is 20.4. The van der Waals surface area contributed by atoms with Gasteiger partial charge < -0.3 is 10.6 Å². The Morgan fingerprint density at radius 1 is 1.14 bits per heavy atom. The van der Waals surface area contributed by atoms with E-state index in [1.54, 1.807) is 36.5 Å². The van der Waals surface area contributed by atoms with Crippen LogP contribution in [0.1, 0.15) is 40.4 Å². The third kappa shape index (κ3) is 4.82. The third-order valence-electron chi connectivity index (χ3n) is 5.87. The standard InChI is InChI=1S/C25H22ClN5O3S/c1-35(33,34)24-22(3-2-10-28-24)31(25(32)18-8-9-20(29-13-18)16-6-7-16)14-15-4-5-17-12-19(26)23(27)30-21(17)11-15/h2-5,8-13,16H,6-7,14H2,1H3,(H2,27,30). The molecule has 1 amide bonds. The zero-order valence-electron chi connectivity index (χ0n) is 18.8. The van der Waals surface area contributed by atoms with Crippen LogP contribution in [-0.4, -0.2) is 35.5 Å². The van der Waals surface area contributed by atoms with Crippen LogP contribution in [0.5, 0.6) is 0 Å². The summed E-state index contributed by atoms with van der Waals surface area (Å²) in [4.78, 5) is 28.0. The van der Waals surface area contributed by atoms with Gasteiger partial charge in [-0.15, -0.1) is 0 Å². The van der Waals surface area contributed by atoms with Crippen molar-refractivity contribution in [3.63, 3.8) is 0 Å². The van der Waals surface area contributed by atoms with Crippen molar-refractivity contribution in [2.45, 2.75) is 30.3 Å². The average molecular weight is 508 g/mol. The number of nitrogens with two attached hydrogens (primary N) is 1. The number of sulfone groups is 1. The molecule has 0 aliphatic heterocycles. The number of fused-ring (bicyclic) bond motifs is 1. The van der Waals surface area contributed by atoms with E-state index in [1.807, 2.05) is 18.2 Å². The smallest absolute Gasteiger partial charge is 0.260 e. The fourth-order valence-electron chi connectivity index (χ4n) is 3.93. The first-order chi connectivity index (χ1) is 16.7. The van der Waals surface area contributed by atoms with Gasteiger partial charge in [0.15, 0.2) is 14.9 Å². The molecule has 3 aromatic heterocycles. The summed E-state index contributed by atoms with van der Waals surface area (Å²) in [6.45, 7) is 0.0809. The number of nitrogen functional groups attached to an aromatic ring is 1. The molecule has 0 radical (unpaired) electrons. The quantitative estimate of drug-likeness (QED) is 0.411. The number of carbonyl (C=O) groups excluding carboxylic acids is 1. The molecule has 0 saturated heterocycles. The number of pyridine rings is 3. The second-order valence-electron chi connectivity index (χ2n) is 8.62. The van der Waals surface area contributed by atoms with E-state index >= 15 is 0 Å². The van der Waals surface area contributed by atoms with Crippen molar-refractivity contribution in [1.82, 2.24) is 15.0 Å². The van der Waals surface area contributed by atoms with Crippen LogP contribution in [0.4, 0.5) is 11.5 Å². The number of benzene rings is 1. The van der Waals surface area contributed by atoms with Gasteiger partial charge in [-0.25, -0.2) is 18.4 Å². The monoisotopic (exact) mass is 507 g/mol. The van der Waals surface area contributed by atoms with Gasteiger partial charge in [-0.1, -0.05) is 23.7 Å². The largest absolute Gasteiger partial charge is 0.382 e. The van der Waals surface area contributed by atoms with E-state index in [9.17, 15) is 13.2 Å². The Kier molecular flexibility index (Phi) is 5.90. The molecule has 5 rings (SSSR count). The second kappa shape index (κ2) is 8.90. The van der Waals surface area contributed by atoms with Crippen molar-refractivity contribution in [2.24, 2.45) is 0 Å². The molecule has 1 aliphatic carbocycles. The van der Waals surface area contributed by atoms with E-state index in [4.69, 9.17) is 17.3 Å². The Hall–Kier alpha value is -3.56. The van der Waals surface area contributed by atoms with Crippen LogP contribution in [0.2, 0.25) is 5.02 Å².